The molecule has 0 aliphatic carbocycles. The SMILES string of the molecule is CC(O)c1nc(-c2ccncc2)no1. The molecule has 0 aliphatic heterocycles. The molecule has 0 amide bonds. The fraction of sp³-hybridized carbons (Fsp3) is 0.222. The summed E-state index contributed by atoms with van der Waals surface area (Å²) in [5.74, 6) is 0.681. The third kappa shape index (κ3) is 1.62. The van der Waals surface area contributed by atoms with Crippen LogP contribution in [0.1, 0.15) is 18.9 Å². The summed E-state index contributed by atoms with van der Waals surface area (Å²) < 4.78 is 4.85. The molecule has 72 valence electrons. The van der Waals surface area contributed by atoms with Gasteiger partial charge in [0.15, 0.2) is 0 Å². The minimum absolute atomic E-state index is 0.219. The van der Waals surface area contributed by atoms with Gasteiger partial charge < -0.3 is 9.63 Å². The molecule has 2 heterocycles. The first-order chi connectivity index (χ1) is 6.77. The molecule has 0 saturated heterocycles. The van der Waals surface area contributed by atoms with E-state index in [2.05, 4.69) is 15.1 Å². The van der Waals surface area contributed by atoms with E-state index in [1.165, 1.54) is 0 Å². The van der Waals surface area contributed by atoms with Crippen molar-refractivity contribution < 1.29 is 9.63 Å². The quantitative estimate of drug-likeness (QED) is 0.771. The Morgan fingerprint density at radius 3 is 2.64 bits per heavy atom. The van der Waals surface area contributed by atoms with Crippen molar-refractivity contribution in [2.75, 3.05) is 0 Å². The van der Waals surface area contributed by atoms with Gasteiger partial charge in [-0.15, -0.1) is 0 Å². The molecule has 5 heteroatoms. The van der Waals surface area contributed by atoms with Gasteiger partial charge >= 0.3 is 0 Å². The Labute approximate surface area is 80.4 Å². The summed E-state index contributed by atoms with van der Waals surface area (Å²) in [4.78, 5) is 7.90. The number of nitrogens with zero attached hydrogens (tertiary/aromatic N) is 3. The van der Waals surface area contributed by atoms with Gasteiger partial charge in [0.05, 0.1) is 0 Å². The predicted molar refractivity (Wildman–Crippen MR) is 48.2 cm³/mol. The smallest absolute Gasteiger partial charge is 0.255 e. The number of aromatic nitrogens is 3. The third-order valence-corrected chi connectivity index (χ3v) is 1.74. The van der Waals surface area contributed by atoms with Crippen molar-refractivity contribution in [2.24, 2.45) is 0 Å². The average Bonchev–Trinajstić information content (AvgIpc) is 2.68. The minimum atomic E-state index is -0.738. The number of hydrogen-bond acceptors (Lipinski definition) is 5. The van der Waals surface area contributed by atoms with Crippen LogP contribution in [0.15, 0.2) is 29.0 Å². The number of pyridine rings is 1. The molecule has 14 heavy (non-hydrogen) atoms. The summed E-state index contributed by atoms with van der Waals surface area (Å²) in [5.41, 5.74) is 0.815. The van der Waals surface area contributed by atoms with Gasteiger partial charge in [0, 0.05) is 18.0 Å². The van der Waals surface area contributed by atoms with Crippen molar-refractivity contribution >= 4 is 0 Å². The summed E-state index contributed by atoms with van der Waals surface area (Å²) in [7, 11) is 0. The Hall–Kier alpha value is -1.75. The van der Waals surface area contributed by atoms with Crippen LogP contribution >= 0.6 is 0 Å². The molecule has 2 aromatic rings. The normalized spacial score (nSPS) is 12.7. The maximum Gasteiger partial charge on any atom is 0.255 e. The van der Waals surface area contributed by atoms with Gasteiger partial charge in [0.1, 0.15) is 6.10 Å². The summed E-state index contributed by atoms with van der Waals surface area (Å²) in [5, 5.41) is 12.9. The standard InChI is InChI=1S/C9H9N3O2/c1-6(13)9-11-8(12-14-9)7-2-4-10-5-3-7/h2-6,13H,1H3. The van der Waals surface area contributed by atoms with Gasteiger partial charge in [-0.1, -0.05) is 5.16 Å². The number of aliphatic hydroxyl groups excluding tert-OH is 1. The van der Waals surface area contributed by atoms with E-state index in [0.717, 1.165) is 5.56 Å². The molecule has 0 saturated carbocycles. The molecule has 0 bridgehead atoms. The van der Waals surface area contributed by atoms with Crippen molar-refractivity contribution in [3.8, 4) is 11.4 Å². The lowest BCUT2D eigenvalue weighted by molar-refractivity contribution is 0.152. The zero-order valence-electron chi connectivity index (χ0n) is 7.58. The number of hydrogen-bond donors (Lipinski definition) is 1. The lowest BCUT2D eigenvalue weighted by atomic mass is 10.2. The first-order valence-corrected chi connectivity index (χ1v) is 4.19. The second-order valence-electron chi connectivity index (χ2n) is 2.87. The van der Waals surface area contributed by atoms with Crippen LogP contribution in [0.4, 0.5) is 0 Å². The molecule has 1 atom stereocenters. The lowest BCUT2D eigenvalue weighted by Crippen LogP contribution is -1.90. The molecule has 0 fully saturated rings. The van der Waals surface area contributed by atoms with Crippen molar-refractivity contribution in [1.82, 2.24) is 15.1 Å². The fourth-order valence-electron chi connectivity index (χ4n) is 1.02. The highest BCUT2D eigenvalue weighted by atomic mass is 16.5. The molecule has 0 aliphatic rings. The summed E-state index contributed by atoms with van der Waals surface area (Å²) in [6.07, 6.45) is 2.56. The first kappa shape index (κ1) is 8.83. The molecule has 1 unspecified atom stereocenters. The Morgan fingerprint density at radius 1 is 1.36 bits per heavy atom. The molecule has 0 spiro atoms. The maximum atomic E-state index is 9.18. The largest absolute Gasteiger partial charge is 0.384 e. The molecular formula is C9H9N3O2. The van der Waals surface area contributed by atoms with E-state index in [4.69, 9.17) is 4.52 Å². The van der Waals surface area contributed by atoms with Crippen molar-refractivity contribution in [3.05, 3.63) is 30.4 Å². The zero-order valence-corrected chi connectivity index (χ0v) is 7.58. The Kier molecular flexibility index (Phi) is 2.24. The Morgan fingerprint density at radius 2 is 2.07 bits per heavy atom. The zero-order chi connectivity index (χ0) is 9.97. The predicted octanol–water partition coefficient (Wildman–Crippen LogP) is 1.18. The molecule has 2 rings (SSSR count). The fourth-order valence-corrected chi connectivity index (χ4v) is 1.02. The first-order valence-electron chi connectivity index (χ1n) is 4.19. The van der Waals surface area contributed by atoms with Crippen LogP contribution in [-0.2, 0) is 0 Å². The van der Waals surface area contributed by atoms with E-state index in [1.807, 2.05) is 0 Å². The van der Waals surface area contributed by atoms with Gasteiger partial charge in [-0.3, -0.25) is 4.98 Å². The molecule has 2 aromatic heterocycles. The monoisotopic (exact) mass is 191 g/mol. The van der Waals surface area contributed by atoms with Crippen molar-refractivity contribution in [2.45, 2.75) is 13.0 Å². The molecule has 0 radical (unpaired) electrons. The second-order valence-corrected chi connectivity index (χ2v) is 2.87. The van der Waals surface area contributed by atoms with E-state index in [1.54, 1.807) is 31.5 Å². The van der Waals surface area contributed by atoms with Gasteiger partial charge in [-0.2, -0.15) is 4.98 Å². The third-order valence-electron chi connectivity index (χ3n) is 1.74. The van der Waals surface area contributed by atoms with Crippen LogP contribution in [-0.4, -0.2) is 20.2 Å². The van der Waals surface area contributed by atoms with Gasteiger partial charge in [-0.25, -0.2) is 0 Å². The molecule has 0 aromatic carbocycles. The maximum absolute atomic E-state index is 9.18. The summed E-state index contributed by atoms with van der Waals surface area (Å²) in [6.45, 7) is 1.57. The highest BCUT2D eigenvalue weighted by molar-refractivity contribution is 5.52. The summed E-state index contributed by atoms with van der Waals surface area (Å²) in [6, 6.07) is 3.55. The van der Waals surface area contributed by atoms with E-state index in [9.17, 15) is 5.11 Å². The van der Waals surface area contributed by atoms with Crippen LogP contribution in [0.25, 0.3) is 11.4 Å². The molecule has 1 N–H and O–H groups in total. The van der Waals surface area contributed by atoms with E-state index in [-0.39, 0.29) is 5.89 Å². The van der Waals surface area contributed by atoms with Gasteiger partial charge in [0.25, 0.3) is 5.89 Å². The van der Waals surface area contributed by atoms with E-state index < -0.39 is 6.10 Å². The van der Waals surface area contributed by atoms with Crippen molar-refractivity contribution in [3.63, 3.8) is 0 Å². The van der Waals surface area contributed by atoms with Crippen LogP contribution in [0.3, 0.4) is 0 Å². The number of rotatable bonds is 2. The van der Waals surface area contributed by atoms with Crippen LogP contribution in [0.5, 0.6) is 0 Å². The van der Waals surface area contributed by atoms with Crippen LogP contribution in [0, 0.1) is 0 Å². The Bertz CT molecular complexity index is 411. The highest BCUT2D eigenvalue weighted by Gasteiger charge is 2.11. The highest BCUT2D eigenvalue weighted by Crippen LogP contribution is 2.16. The summed E-state index contributed by atoms with van der Waals surface area (Å²) >= 11 is 0. The second kappa shape index (κ2) is 3.55. The topological polar surface area (TPSA) is 72.0 Å². The van der Waals surface area contributed by atoms with Crippen LogP contribution < -0.4 is 0 Å². The van der Waals surface area contributed by atoms with Crippen molar-refractivity contribution in [1.29, 1.82) is 0 Å². The minimum Gasteiger partial charge on any atom is -0.384 e. The average molecular weight is 191 g/mol. The lowest BCUT2D eigenvalue weighted by Gasteiger charge is -1.92. The van der Waals surface area contributed by atoms with Crippen LogP contribution in [0.2, 0.25) is 0 Å². The molecular weight excluding hydrogens is 182 g/mol. The number of aliphatic hydroxyl groups is 1. The van der Waals surface area contributed by atoms with Gasteiger partial charge in [-0.05, 0) is 19.1 Å². The Balaban J connectivity index is 2.34. The van der Waals surface area contributed by atoms with E-state index in [0.29, 0.717) is 5.82 Å². The van der Waals surface area contributed by atoms with Gasteiger partial charge in [0.2, 0.25) is 5.82 Å². The molecule has 5 nitrogen and oxygen atoms in total. The van der Waals surface area contributed by atoms with E-state index >= 15 is 0 Å².